The van der Waals surface area contributed by atoms with Crippen LogP contribution in [0.4, 0.5) is 11.5 Å². The number of anilines is 2. The molecule has 3 N–H and O–H groups in total. The number of nitrogens with two attached hydrogens (primary N) is 1. The number of aromatic nitrogens is 2. The first kappa shape index (κ1) is 21.2. The highest BCUT2D eigenvalue weighted by atomic mass is 35.5. The number of aryl methyl sites for hydroxylation is 1. The first-order valence-corrected chi connectivity index (χ1v) is 11.6. The molecule has 0 unspecified atom stereocenters. The largest absolute Gasteiger partial charge is 0.383 e. The summed E-state index contributed by atoms with van der Waals surface area (Å²) in [6, 6.07) is 13.1. The summed E-state index contributed by atoms with van der Waals surface area (Å²) in [5, 5.41) is 7.61. The van der Waals surface area contributed by atoms with Gasteiger partial charge in [-0.3, -0.25) is 4.79 Å². The van der Waals surface area contributed by atoms with E-state index >= 15 is 0 Å². The fourth-order valence-electron chi connectivity index (χ4n) is 2.65. The van der Waals surface area contributed by atoms with Crippen molar-refractivity contribution in [3.05, 3.63) is 59.1 Å². The summed E-state index contributed by atoms with van der Waals surface area (Å²) < 4.78 is 27.3. The van der Waals surface area contributed by atoms with Gasteiger partial charge in [-0.1, -0.05) is 29.3 Å². The molecule has 0 atom stereocenters. The second-order valence-corrected chi connectivity index (χ2v) is 9.37. The molecule has 0 radical (unpaired) electrons. The van der Waals surface area contributed by atoms with Gasteiger partial charge in [0.25, 0.3) is 0 Å². The van der Waals surface area contributed by atoms with E-state index in [0.29, 0.717) is 10.7 Å². The van der Waals surface area contributed by atoms with E-state index in [1.807, 2.05) is 19.1 Å². The predicted molar refractivity (Wildman–Crippen MR) is 115 cm³/mol. The fraction of sp³-hybridized carbons (Fsp3) is 0.158. The van der Waals surface area contributed by atoms with Gasteiger partial charge in [0.05, 0.1) is 4.90 Å². The van der Waals surface area contributed by atoms with Gasteiger partial charge in [-0.25, -0.2) is 13.1 Å². The summed E-state index contributed by atoms with van der Waals surface area (Å²) in [4.78, 5) is 12.3. The van der Waals surface area contributed by atoms with Gasteiger partial charge in [0.15, 0.2) is 0 Å². The van der Waals surface area contributed by atoms with Gasteiger partial charge in [-0.2, -0.15) is 5.10 Å². The Kier molecular flexibility index (Phi) is 6.21. The molecule has 7 nitrogen and oxygen atoms in total. The van der Waals surface area contributed by atoms with Crippen molar-refractivity contribution in [3.8, 4) is 0 Å². The maximum absolute atomic E-state index is 13.1. The Balaban J connectivity index is 1.90. The molecule has 0 spiro atoms. The highest BCUT2D eigenvalue weighted by Gasteiger charge is 2.29. The van der Waals surface area contributed by atoms with Crippen LogP contribution in [0, 0.1) is 6.92 Å². The summed E-state index contributed by atoms with van der Waals surface area (Å²) >= 11 is 6.99. The fourth-order valence-corrected chi connectivity index (χ4v) is 5.20. The number of halogens is 1. The molecule has 0 fully saturated rings. The van der Waals surface area contributed by atoms with Crippen molar-refractivity contribution >= 4 is 50.6 Å². The Hall–Kier alpha value is -2.49. The maximum Gasteiger partial charge on any atom is 0.246 e. The number of benzene rings is 2. The third-order valence-corrected chi connectivity index (χ3v) is 7.02. The van der Waals surface area contributed by atoms with Crippen LogP contribution in [0.25, 0.3) is 0 Å². The average Bonchev–Trinajstić information content (AvgIpc) is 3.00. The summed E-state index contributed by atoms with van der Waals surface area (Å²) in [6.45, 7) is 1.73. The first-order chi connectivity index (χ1) is 13.7. The van der Waals surface area contributed by atoms with E-state index in [4.69, 9.17) is 17.3 Å². The van der Waals surface area contributed by atoms with Crippen LogP contribution >= 0.6 is 23.4 Å². The lowest BCUT2D eigenvalue weighted by Gasteiger charge is -2.08. The number of carbonyl (C=O) groups excluding carboxylic acids is 1. The molecule has 0 aliphatic carbocycles. The van der Waals surface area contributed by atoms with E-state index in [9.17, 15) is 13.2 Å². The van der Waals surface area contributed by atoms with E-state index < -0.39 is 9.84 Å². The molecule has 29 heavy (non-hydrogen) atoms. The van der Waals surface area contributed by atoms with Crippen LogP contribution in [0.1, 0.15) is 5.56 Å². The molecule has 1 heterocycles. The van der Waals surface area contributed by atoms with E-state index in [1.165, 1.54) is 28.9 Å². The number of nitrogens with one attached hydrogen (secondary N) is 1. The van der Waals surface area contributed by atoms with Crippen LogP contribution in [0.2, 0.25) is 5.02 Å². The maximum atomic E-state index is 13.1. The number of amides is 1. The van der Waals surface area contributed by atoms with Gasteiger partial charge >= 0.3 is 0 Å². The predicted octanol–water partition coefficient (Wildman–Crippen LogP) is 3.62. The normalized spacial score (nSPS) is 11.4. The molecule has 1 aromatic heterocycles. The monoisotopic (exact) mass is 450 g/mol. The second kappa shape index (κ2) is 8.48. The Bertz CT molecular complexity index is 1140. The molecule has 0 aliphatic heterocycles. The molecule has 1 amide bonds. The number of hydrogen-bond donors (Lipinski definition) is 2. The number of hydrogen-bond acceptors (Lipinski definition) is 6. The summed E-state index contributed by atoms with van der Waals surface area (Å²) in [7, 11) is -3.93. The zero-order chi connectivity index (χ0) is 21.2. The van der Waals surface area contributed by atoms with Crippen LogP contribution in [0.15, 0.2) is 63.3 Å². The number of nitrogens with zero attached hydrogens (tertiary/aromatic N) is 2. The van der Waals surface area contributed by atoms with Gasteiger partial charge in [0.1, 0.15) is 22.3 Å². The van der Waals surface area contributed by atoms with Crippen molar-refractivity contribution in [1.29, 1.82) is 0 Å². The SMILES string of the molecule is CSc1nn(CC(=O)Nc2ccc(C)cc2)c(N)c1S(=O)(=O)c1ccc(Cl)cc1. The average molecular weight is 451 g/mol. The van der Waals surface area contributed by atoms with Crippen molar-refractivity contribution in [3.63, 3.8) is 0 Å². The highest BCUT2D eigenvalue weighted by molar-refractivity contribution is 7.99. The summed E-state index contributed by atoms with van der Waals surface area (Å²) in [5.41, 5.74) is 7.80. The molecule has 0 saturated carbocycles. The van der Waals surface area contributed by atoms with Crippen molar-refractivity contribution in [1.82, 2.24) is 9.78 Å². The molecule has 0 saturated heterocycles. The van der Waals surface area contributed by atoms with Crippen LogP contribution in [0.5, 0.6) is 0 Å². The number of nitrogen functional groups attached to an aromatic ring is 1. The van der Waals surface area contributed by atoms with Crippen molar-refractivity contribution in [2.24, 2.45) is 0 Å². The number of sulfone groups is 1. The molecule has 3 aromatic rings. The lowest BCUT2D eigenvalue weighted by molar-refractivity contribution is -0.116. The third-order valence-electron chi connectivity index (χ3n) is 4.13. The minimum absolute atomic E-state index is 0.0487. The molecular formula is C19H19ClN4O3S2. The summed E-state index contributed by atoms with van der Waals surface area (Å²) in [6.07, 6.45) is 1.69. The number of thioether (sulfide) groups is 1. The molecule has 10 heteroatoms. The topological polar surface area (TPSA) is 107 Å². The van der Waals surface area contributed by atoms with Crippen LogP contribution in [-0.4, -0.2) is 30.4 Å². The lowest BCUT2D eigenvalue weighted by atomic mass is 10.2. The van der Waals surface area contributed by atoms with Gasteiger partial charge in [0, 0.05) is 10.7 Å². The van der Waals surface area contributed by atoms with Gasteiger partial charge < -0.3 is 11.1 Å². The zero-order valence-electron chi connectivity index (χ0n) is 15.7. The van der Waals surface area contributed by atoms with Crippen LogP contribution in [-0.2, 0) is 21.2 Å². The molecule has 3 rings (SSSR count). The Morgan fingerprint density at radius 3 is 2.38 bits per heavy atom. The van der Waals surface area contributed by atoms with Crippen molar-refractivity contribution < 1.29 is 13.2 Å². The van der Waals surface area contributed by atoms with Crippen molar-refractivity contribution in [2.75, 3.05) is 17.3 Å². The van der Waals surface area contributed by atoms with E-state index in [2.05, 4.69) is 10.4 Å². The molecule has 0 bridgehead atoms. The molecule has 0 aliphatic rings. The number of rotatable bonds is 6. The van der Waals surface area contributed by atoms with Crippen LogP contribution < -0.4 is 11.1 Å². The highest BCUT2D eigenvalue weighted by Crippen LogP contribution is 2.34. The third kappa shape index (κ3) is 4.58. The molecular weight excluding hydrogens is 432 g/mol. The van der Waals surface area contributed by atoms with E-state index in [0.717, 1.165) is 17.3 Å². The minimum atomic E-state index is -3.93. The van der Waals surface area contributed by atoms with Gasteiger partial charge in [-0.15, -0.1) is 11.8 Å². The Morgan fingerprint density at radius 1 is 1.17 bits per heavy atom. The van der Waals surface area contributed by atoms with E-state index in [1.54, 1.807) is 18.4 Å². The smallest absolute Gasteiger partial charge is 0.246 e. The number of carbonyl (C=O) groups is 1. The Morgan fingerprint density at radius 2 is 1.79 bits per heavy atom. The minimum Gasteiger partial charge on any atom is -0.383 e. The molecule has 152 valence electrons. The van der Waals surface area contributed by atoms with Crippen LogP contribution in [0.3, 0.4) is 0 Å². The zero-order valence-corrected chi connectivity index (χ0v) is 18.1. The lowest BCUT2D eigenvalue weighted by Crippen LogP contribution is -2.21. The van der Waals surface area contributed by atoms with Gasteiger partial charge in [0.2, 0.25) is 15.7 Å². The second-order valence-electron chi connectivity index (χ2n) is 6.25. The Labute approximate surface area is 178 Å². The quantitative estimate of drug-likeness (QED) is 0.555. The van der Waals surface area contributed by atoms with Crippen molar-refractivity contribution in [2.45, 2.75) is 28.3 Å². The van der Waals surface area contributed by atoms with Gasteiger partial charge in [-0.05, 0) is 49.6 Å². The standard InChI is InChI=1S/C19H19ClN4O3S2/c1-12-3-7-14(8-4-12)22-16(25)11-24-18(21)17(19(23-24)28-2)29(26,27)15-9-5-13(20)6-10-15/h3-10H,11,21H2,1-2H3,(H,22,25). The van der Waals surface area contributed by atoms with E-state index in [-0.39, 0.29) is 33.1 Å². The summed E-state index contributed by atoms with van der Waals surface area (Å²) in [5.74, 6) is -0.463. The first-order valence-electron chi connectivity index (χ1n) is 8.50. The molecule has 2 aromatic carbocycles.